The van der Waals surface area contributed by atoms with Gasteiger partial charge in [-0.2, -0.15) is 0 Å². The van der Waals surface area contributed by atoms with Gasteiger partial charge in [0.1, 0.15) is 5.58 Å². The molecule has 3 aromatic rings. The highest BCUT2D eigenvalue weighted by atomic mass is 32.1. The zero-order chi connectivity index (χ0) is 15.8. The first-order chi connectivity index (χ1) is 11.2. The van der Waals surface area contributed by atoms with Crippen LogP contribution in [0.4, 0.5) is 0 Å². The van der Waals surface area contributed by atoms with Gasteiger partial charge in [0.2, 0.25) is 0 Å². The van der Waals surface area contributed by atoms with E-state index in [1.807, 2.05) is 35.0 Å². The standard InChI is InChI=1S/C17H16N2O3S/c20-16-13(8-11-4-1-2-6-15(11)22-16)14-10-19(17(23)18-14)9-12-5-3-7-21-12/h1-2,4,6,8,10,12H,3,5,7,9H2,(H,18,23). The topological polar surface area (TPSA) is 60.2 Å². The molecule has 4 rings (SSSR count). The number of imidazole rings is 1. The molecular formula is C17H16N2O3S. The van der Waals surface area contributed by atoms with Crippen LogP contribution in [-0.4, -0.2) is 22.3 Å². The summed E-state index contributed by atoms with van der Waals surface area (Å²) >= 11 is 5.37. The maximum Gasteiger partial charge on any atom is 0.345 e. The van der Waals surface area contributed by atoms with Crippen LogP contribution >= 0.6 is 12.2 Å². The van der Waals surface area contributed by atoms with Gasteiger partial charge in [0.25, 0.3) is 0 Å². The van der Waals surface area contributed by atoms with Crippen molar-refractivity contribution in [1.29, 1.82) is 0 Å². The fraction of sp³-hybridized carbons (Fsp3) is 0.294. The van der Waals surface area contributed by atoms with E-state index in [1.165, 1.54) is 0 Å². The van der Waals surface area contributed by atoms with Crippen LogP contribution in [0.3, 0.4) is 0 Å². The summed E-state index contributed by atoms with van der Waals surface area (Å²) < 4.78 is 13.5. The SMILES string of the molecule is O=c1oc2ccccc2cc1-c1cn(CC2CCCO2)c(=S)[nH]1. The molecule has 3 heterocycles. The highest BCUT2D eigenvalue weighted by molar-refractivity contribution is 7.71. The molecule has 0 aliphatic carbocycles. The van der Waals surface area contributed by atoms with Gasteiger partial charge in [0.15, 0.2) is 4.77 Å². The van der Waals surface area contributed by atoms with Crippen molar-refractivity contribution in [3.63, 3.8) is 0 Å². The van der Waals surface area contributed by atoms with Crippen LogP contribution in [0.1, 0.15) is 12.8 Å². The molecule has 0 saturated carbocycles. The molecule has 6 heteroatoms. The molecule has 1 aromatic carbocycles. The highest BCUT2D eigenvalue weighted by Crippen LogP contribution is 2.21. The van der Waals surface area contributed by atoms with E-state index in [1.54, 1.807) is 6.07 Å². The van der Waals surface area contributed by atoms with Crippen LogP contribution in [0.2, 0.25) is 0 Å². The average Bonchev–Trinajstić information content (AvgIpc) is 3.17. The molecule has 1 atom stereocenters. The third kappa shape index (κ3) is 2.75. The van der Waals surface area contributed by atoms with Crippen LogP contribution in [-0.2, 0) is 11.3 Å². The van der Waals surface area contributed by atoms with Crippen LogP contribution in [0.25, 0.3) is 22.2 Å². The van der Waals surface area contributed by atoms with Crippen molar-refractivity contribution < 1.29 is 9.15 Å². The smallest absolute Gasteiger partial charge is 0.345 e. The Morgan fingerprint density at radius 1 is 1.35 bits per heavy atom. The summed E-state index contributed by atoms with van der Waals surface area (Å²) in [5.74, 6) is 0. The number of hydrogen-bond donors (Lipinski definition) is 1. The van der Waals surface area contributed by atoms with E-state index in [4.69, 9.17) is 21.4 Å². The summed E-state index contributed by atoms with van der Waals surface area (Å²) in [6, 6.07) is 9.29. The lowest BCUT2D eigenvalue weighted by atomic mass is 10.1. The van der Waals surface area contributed by atoms with Gasteiger partial charge in [-0.05, 0) is 37.2 Å². The van der Waals surface area contributed by atoms with Crippen LogP contribution in [0.15, 0.2) is 45.7 Å². The van der Waals surface area contributed by atoms with E-state index in [2.05, 4.69) is 4.98 Å². The summed E-state index contributed by atoms with van der Waals surface area (Å²) in [4.78, 5) is 15.3. The second kappa shape index (κ2) is 5.79. The summed E-state index contributed by atoms with van der Waals surface area (Å²) in [6.45, 7) is 1.51. The predicted molar refractivity (Wildman–Crippen MR) is 90.1 cm³/mol. The zero-order valence-corrected chi connectivity index (χ0v) is 13.3. The van der Waals surface area contributed by atoms with Gasteiger partial charge in [-0.25, -0.2) is 4.79 Å². The Hall–Kier alpha value is -2.18. The molecule has 0 amide bonds. The average molecular weight is 328 g/mol. The monoisotopic (exact) mass is 328 g/mol. The Labute approximate surface area is 137 Å². The Morgan fingerprint density at radius 2 is 2.22 bits per heavy atom. The first-order valence-corrected chi connectivity index (χ1v) is 8.06. The fourth-order valence-corrected chi connectivity index (χ4v) is 3.20. The van der Waals surface area contributed by atoms with Crippen molar-refractivity contribution in [2.75, 3.05) is 6.61 Å². The predicted octanol–water partition coefficient (Wildman–Crippen LogP) is 3.50. The number of hydrogen-bond acceptors (Lipinski definition) is 4. The lowest BCUT2D eigenvalue weighted by molar-refractivity contribution is 0.0967. The number of rotatable bonds is 3. The number of aromatic nitrogens is 2. The molecule has 1 fully saturated rings. The lowest BCUT2D eigenvalue weighted by Crippen LogP contribution is -2.14. The van der Waals surface area contributed by atoms with Crippen LogP contribution in [0.5, 0.6) is 0 Å². The van der Waals surface area contributed by atoms with Crippen molar-refractivity contribution >= 4 is 23.2 Å². The molecule has 1 aliphatic rings. The lowest BCUT2D eigenvalue weighted by Gasteiger charge is -2.09. The van der Waals surface area contributed by atoms with E-state index in [9.17, 15) is 4.79 Å². The van der Waals surface area contributed by atoms with E-state index < -0.39 is 0 Å². The van der Waals surface area contributed by atoms with Crippen molar-refractivity contribution in [1.82, 2.24) is 9.55 Å². The Morgan fingerprint density at radius 3 is 3.04 bits per heavy atom. The first-order valence-electron chi connectivity index (χ1n) is 7.65. The van der Waals surface area contributed by atoms with E-state index in [0.29, 0.717) is 28.2 Å². The number of ether oxygens (including phenoxy) is 1. The van der Waals surface area contributed by atoms with Gasteiger partial charge < -0.3 is 18.7 Å². The van der Waals surface area contributed by atoms with Gasteiger partial charge in [0.05, 0.1) is 23.9 Å². The molecule has 1 N–H and O–H groups in total. The zero-order valence-electron chi connectivity index (χ0n) is 12.5. The molecule has 0 spiro atoms. The second-order valence-corrected chi connectivity index (χ2v) is 6.13. The number of nitrogens with zero attached hydrogens (tertiary/aromatic N) is 1. The molecule has 1 saturated heterocycles. The number of fused-ring (bicyclic) bond motifs is 1. The van der Waals surface area contributed by atoms with E-state index in [0.717, 1.165) is 24.8 Å². The number of nitrogens with one attached hydrogen (secondary N) is 1. The number of benzene rings is 1. The maximum atomic E-state index is 12.2. The van der Waals surface area contributed by atoms with E-state index >= 15 is 0 Å². The Balaban J connectivity index is 1.74. The molecular weight excluding hydrogens is 312 g/mol. The minimum Gasteiger partial charge on any atom is -0.422 e. The molecule has 1 unspecified atom stereocenters. The van der Waals surface area contributed by atoms with Crippen LogP contribution in [0, 0.1) is 4.77 Å². The quantitative estimate of drug-likeness (QED) is 0.590. The third-order valence-electron chi connectivity index (χ3n) is 4.14. The first kappa shape index (κ1) is 14.4. The maximum absolute atomic E-state index is 12.2. The third-order valence-corrected chi connectivity index (χ3v) is 4.48. The second-order valence-electron chi connectivity index (χ2n) is 5.75. The van der Waals surface area contributed by atoms with Gasteiger partial charge in [-0.15, -0.1) is 0 Å². The molecule has 5 nitrogen and oxygen atoms in total. The van der Waals surface area contributed by atoms with Gasteiger partial charge >= 0.3 is 5.63 Å². The normalized spacial score (nSPS) is 17.8. The summed E-state index contributed by atoms with van der Waals surface area (Å²) in [5, 5.41) is 0.883. The van der Waals surface area contributed by atoms with E-state index in [-0.39, 0.29) is 11.7 Å². The Kier molecular flexibility index (Phi) is 3.63. The molecule has 0 bridgehead atoms. The molecule has 118 valence electrons. The highest BCUT2D eigenvalue weighted by Gasteiger charge is 2.17. The van der Waals surface area contributed by atoms with Crippen molar-refractivity contribution in [2.24, 2.45) is 0 Å². The van der Waals surface area contributed by atoms with Crippen molar-refractivity contribution in [2.45, 2.75) is 25.5 Å². The molecule has 2 aromatic heterocycles. The summed E-state index contributed by atoms with van der Waals surface area (Å²) in [5.41, 5.74) is 1.37. The molecule has 1 aliphatic heterocycles. The van der Waals surface area contributed by atoms with Crippen LogP contribution < -0.4 is 5.63 Å². The molecule has 23 heavy (non-hydrogen) atoms. The summed E-state index contributed by atoms with van der Waals surface area (Å²) in [7, 11) is 0. The van der Waals surface area contributed by atoms with Crippen molar-refractivity contribution in [3.8, 4) is 11.3 Å². The van der Waals surface area contributed by atoms with Crippen molar-refractivity contribution in [3.05, 3.63) is 51.7 Å². The van der Waals surface area contributed by atoms with Gasteiger partial charge in [-0.1, -0.05) is 18.2 Å². The Bertz CT molecular complexity index is 964. The number of aromatic amines is 1. The summed E-state index contributed by atoms with van der Waals surface area (Å²) in [6.07, 6.45) is 4.19. The number of H-pyrrole nitrogens is 1. The largest absolute Gasteiger partial charge is 0.422 e. The fourth-order valence-electron chi connectivity index (χ4n) is 2.96. The number of para-hydroxylation sites is 1. The molecule has 0 radical (unpaired) electrons. The minimum atomic E-state index is -0.371. The van der Waals surface area contributed by atoms with Gasteiger partial charge in [0, 0.05) is 18.2 Å². The van der Waals surface area contributed by atoms with Gasteiger partial charge in [-0.3, -0.25) is 0 Å². The minimum absolute atomic E-state index is 0.193.